The van der Waals surface area contributed by atoms with Crippen LogP contribution in [0.15, 0.2) is 46.3 Å². The number of hydrogen-bond donors (Lipinski definition) is 0. The molecular weight excluding hydrogens is 368 g/mol. The van der Waals surface area contributed by atoms with Crippen molar-refractivity contribution >= 4 is 49.6 Å². The first-order chi connectivity index (χ1) is 10.1. The van der Waals surface area contributed by atoms with Crippen LogP contribution in [0, 0.1) is 6.92 Å². The molecule has 3 rings (SSSR count). The van der Waals surface area contributed by atoms with Gasteiger partial charge in [-0.15, -0.1) is 22.9 Å². The zero-order valence-electron chi connectivity index (χ0n) is 11.7. The largest absolute Gasteiger partial charge is 0.497 e. The monoisotopic (exact) mass is 380 g/mol. The molecule has 1 atom stereocenters. The fourth-order valence-corrected chi connectivity index (χ4v) is 4.21. The Morgan fingerprint density at radius 3 is 2.48 bits per heavy atom. The topological polar surface area (TPSA) is 9.23 Å². The highest BCUT2D eigenvalue weighted by Gasteiger charge is 2.15. The fraction of sp³-hybridized carbons (Fsp3) is 0.176. The van der Waals surface area contributed by atoms with E-state index in [4.69, 9.17) is 16.3 Å². The van der Waals surface area contributed by atoms with Crippen LogP contribution in [0.3, 0.4) is 0 Å². The van der Waals surface area contributed by atoms with Gasteiger partial charge in [0.2, 0.25) is 0 Å². The molecule has 0 saturated carbocycles. The van der Waals surface area contributed by atoms with Crippen LogP contribution in [0.1, 0.15) is 21.4 Å². The highest BCUT2D eigenvalue weighted by molar-refractivity contribution is 9.11. The van der Waals surface area contributed by atoms with Crippen molar-refractivity contribution < 1.29 is 4.74 Å². The van der Waals surface area contributed by atoms with Crippen molar-refractivity contribution in [2.24, 2.45) is 0 Å². The number of aryl methyl sites for hydroxylation is 1. The maximum absolute atomic E-state index is 6.64. The minimum absolute atomic E-state index is 0.119. The SMILES string of the molecule is COc1ccc2cc(C(Cl)c3cc(C)c(Br)s3)ccc2c1. The number of rotatable bonds is 3. The molecule has 1 unspecified atom stereocenters. The molecule has 21 heavy (non-hydrogen) atoms. The Bertz CT molecular complexity index is 777. The van der Waals surface area contributed by atoms with Crippen LogP contribution in [-0.4, -0.2) is 7.11 Å². The van der Waals surface area contributed by atoms with Gasteiger partial charge in [0.25, 0.3) is 0 Å². The van der Waals surface area contributed by atoms with Crippen LogP contribution < -0.4 is 4.74 Å². The second-order valence-electron chi connectivity index (χ2n) is 4.94. The van der Waals surface area contributed by atoms with Gasteiger partial charge < -0.3 is 4.74 Å². The summed E-state index contributed by atoms with van der Waals surface area (Å²) in [4.78, 5) is 1.16. The van der Waals surface area contributed by atoms with Gasteiger partial charge in [0, 0.05) is 4.88 Å². The Hall–Kier alpha value is -1.03. The van der Waals surface area contributed by atoms with Crippen molar-refractivity contribution in [3.05, 3.63) is 62.3 Å². The van der Waals surface area contributed by atoms with Gasteiger partial charge in [-0.1, -0.05) is 18.2 Å². The van der Waals surface area contributed by atoms with Crippen molar-refractivity contribution in [3.8, 4) is 5.75 Å². The van der Waals surface area contributed by atoms with E-state index in [1.165, 1.54) is 10.9 Å². The average Bonchev–Trinajstić information content (AvgIpc) is 2.85. The summed E-state index contributed by atoms with van der Waals surface area (Å²) in [6, 6.07) is 14.5. The molecule has 0 amide bonds. The van der Waals surface area contributed by atoms with Gasteiger partial charge in [0.1, 0.15) is 5.75 Å². The third-order valence-electron chi connectivity index (χ3n) is 3.49. The van der Waals surface area contributed by atoms with Crippen molar-refractivity contribution in [1.29, 1.82) is 0 Å². The Kier molecular flexibility index (Phi) is 4.25. The quantitative estimate of drug-likeness (QED) is 0.483. The van der Waals surface area contributed by atoms with Gasteiger partial charge in [-0.3, -0.25) is 0 Å². The van der Waals surface area contributed by atoms with Crippen LogP contribution >= 0.6 is 38.9 Å². The lowest BCUT2D eigenvalue weighted by Crippen LogP contribution is -1.90. The fourth-order valence-electron chi connectivity index (χ4n) is 2.30. The lowest BCUT2D eigenvalue weighted by atomic mass is 10.0. The summed E-state index contributed by atoms with van der Waals surface area (Å²) in [7, 11) is 1.68. The normalized spacial score (nSPS) is 12.6. The molecule has 0 aliphatic carbocycles. The number of benzene rings is 2. The Morgan fingerprint density at radius 1 is 1.10 bits per heavy atom. The van der Waals surface area contributed by atoms with E-state index in [1.807, 2.05) is 12.1 Å². The second kappa shape index (κ2) is 5.99. The maximum Gasteiger partial charge on any atom is 0.119 e. The molecule has 1 aromatic heterocycles. The lowest BCUT2D eigenvalue weighted by Gasteiger charge is -2.10. The number of fused-ring (bicyclic) bond motifs is 1. The van der Waals surface area contributed by atoms with Gasteiger partial charge in [-0.05, 0) is 69.0 Å². The van der Waals surface area contributed by atoms with Crippen molar-refractivity contribution in [2.45, 2.75) is 12.3 Å². The molecule has 0 radical (unpaired) electrons. The molecule has 0 N–H and O–H groups in total. The number of ether oxygens (including phenoxy) is 1. The zero-order chi connectivity index (χ0) is 15.0. The van der Waals surface area contributed by atoms with E-state index in [2.05, 4.69) is 53.2 Å². The molecule has 0 bridgehead atoms. The van der Waals surface area contributed by atoms with E-state index in [1.54, 1.807) is 18.4 Å². The summed E-state index contributed by atoms with van der Waals surface area (Å²) in [5.74, 6) is 0.871. The van der Waals surface area contributed by atoms with E-state index in [0.29, 0.717) is 0 Å². The molecule has 0 saturated heterocycles. The standard InChI is InChI=1S/C17H14BrClOS/c1-10-7-15(21-17(10)18)16(19)13-4-3-12-9-14(20-2)6-5-11(12)8-13/h3-9,16H,1-2H3. The zero-order valence-corrected chi connectivity index (χ0v) is 14.8. The van der Waals surface area contributed by atoms with Crippen molar-refractivity contribution in [1.82, 2.24) is 0 Å². The summed E-state index contributed by atoms with van der Waals surface area (Å²) in [6.45, 7) is 2.08. The number of hydrogen-bond acceptors (Lipinski definition) is 2. The molecule has 3 aromatic rings. The maximum atomic E-state index is 6.64. The van der Waals surface area contributed by atoms with Gasteiger partial charge >= 0.3 is 0 Å². The van der Waals surface area contributed by atoms with E-state index < -0.39 is 0 Å². The predicted octanol–water partition coefficient (Wildman–Crippen LogP) is 6.31. The molecule has 0 aliphatic heterocycles. The van der Waals surface area contributed by atoms with Crippen LogP contribution in [0.5, 0.6) is 5.75 Å². The van der Waals surface area contributed by atoms with Crippen LogP contribution in [-0.2, 0) is 0 Å². The summed E-state index contributed by atoms with van der Waals surface area (Å²) >= 11 is 11.9. The van der Waals surface area contributed by atoms with Crippen molar-refractivity contribution in [2.75, 3.05) is 7.11 Å². The first kappa shape index (κ1) is 14.9. The predicted molar refractivity (Wildman–Crippen MR) is 95.0 cm³/mol. The minimum Gasteiger partial charge on any atom is -0.497 e. The molecule has 1 heterocycles. The van der Waals surface area contributed by atoms with Crippen LogP contribution in [0.4, 0.5) is 0 Å². The van der Waals surface area contributed by atoms with E-state index in [-0.39, 0.29) is 5.38 Å². The second-order valence-corrected chi connectivity index (χ2v) is 7.78. The van der Waals surface area contributed by atoms with Crippen LogP contribution in [0.25, 0.3) is 10.8 Å². The Balaban J connectivity index is 2.00. The van der Waals surface area contributed by atoms with Crippen LogP contribution in [0.2, 0.25) is 0 Å². The first-order valence-electron chi connectivity index (χ1n) is 6.56. The Morgan fingerprint density at radius 2 is 1.81 bits per heavy atom. The number of alkyl halides is 1. The molecule has 1 nitrogen and oxygen atoms in total. The van der Waals surface area contributed by atoms with E-state index in [9.17, 15) is 0 Å². The summed E-state index contributed by atoms with van der Waals surface area (Å²) < 4.78 is 6.40. The smallest absolute Gasteiger partial charge is 0.119 e. The summed E-state index contributed by atoms with van der Waals surface area (Å²) in [5.41, 5.74) is 2.34. The molecule has 2 aromatic carbocycles. The third kappa shape index (κ3) is 2.96. The highest BCUT2D eigenvalue weighted by atomic mass is 79.9. The summed E-state index contributed by atoms with van der Waals surface area (Å²) in [5, 5.41) is 2.21. The molecule has 108 valence electrons. The molecule has 4 heteroatoms. The Labute approximate surface area is 141 Å². The van der Waals surface area contributed by atoms with Gasteiger partial charge in [-0.25, -0.2) is 0 Å². The first-order valence-corrected chi connectivity index (χ1v) is 8.60. The number of methoxy groups -OCH3 is 1. The van der Waals surface area contributed by atoms with Gasteiger partial charge in [-0.2, -0.15) is 0 Å². The van der Waals surface area contributed by atoms with Gasteiger partial charge in [0.05, 0.1) is 16.3 Å². The molecular formula is C17H14BrClOS. The number of halogens is 2. The third-order valence-corrected chi connectivity index (χ3v) is 6.31. The van der Waals surface area contributed by atoms with E-state index >= 15 is 0 Å². The summed E-state index contributed by atoms with van der Waals surface area (Å²) in [6.07, 6.45) is 0. The molecule has 0 spiro atoms. The minimum atomic E-state index is -0.119. The average molecular weight is 382 g/mol. The lowest BCUT2D eigenvalue weighted by molar-refractivity contribution is 0.415. The van der Waals surface area contributed by atoms with E-state index in [0.717, 1.165) is 25.4 Å². The number of thiophene rings is 1. The molecule has 0 aliphatic rings. The highest BCUT2D eigenvalue weighted by Crippen LogP contribution is 2.38. The van der Waals surface area contributed by atoms with Crippen molar-refractivity contribution in [3.63, 3.8) is 0 Å². The van der Waals surface area contributed by atoms with Gasteiger partial charge in [0.15, 0.2) is 0 Å². The molecule has 0 fully saturated rings.